The number of methoxy groups -OCH3 is 1. The Kier molecular flexibility index (Phi) is 5.69. The summed E-state index contributed by atoms with van der Waals surface area (Å²) >= 11 is 17.4. The quantitative estimate of drug-likeness (QED) is 0.579. The Balaban J connectivity index is 1.90. The minimum absolute atomic E-state index is 0.261. The van der Waals surface area contributed by atoms with Crippen LogP contribution in [0.1, 0.15) is 12.5 Å². The van der Waals surface area contributed by atoms with Crippen molar-refractivity contribution in [1.29, 1.82) is 0 Å². The number of benzene rings is 2. The van der Waals surface area contributed by atoms with E-state index in [4.69, 9.17) is 40.2 Å². The molecule has 1 unspecified atom stereocenters. The fraction of sp³-hybridized carbons (Fsp3) is 0.211. The summed E-state index contributed by atoms with van der Waals surface area (Å²) in [6.45, 7) is 2.05. The van der Waals surface area contributed by atoms with Gasteiger partial charge in [0, 0.05) is 15.7 Å². The van der Waals surface area contributed by atoms with Gasteiger partial charge in [-0.3, -0.25) is 4.79 Å². The van der Waals surface area contributed by atoms with Crippen LogP contribution < -0.4 is 5.32 Å². The number of ether oxygens (including phenoxy) is 1. The summed E-state index contributed by atoms with van der Waals surface area (Å²) in [5, 5.41) is 10.9. The molecule has 2 aromatic rings. The second-order valence-electron chi connectivity index (χ2n) is 6.27. The van der Waals surface area contributed by atoms with Crippen molar-refractivity contribution in [1.82, 2.24) is 5.01 Å². The van der Waals surface area contributed by atoms with Gasteiger partial charge in [-0.05, 0) is 61.1 Å². The minimum Gasteiger partial charge on any atom is -0.468 e. The second kappa shape index (κ2) is 7.84. The number of thiocarbonyl (C=S) groups is 1. The van der Waals surface area contributed by atoms with Crippen LogP contribution in [0.2, 0.25) is 10.0 Å². The molecular formula is C19H17Cl2N3O2S. The molecular weight excluding hydrogens is 405 g/mol. The van der Waals surface area contributed by atoms with Crippen molar-refractivity contribution in [3.8, 4) is 0 Å². The van der Waals surface area contributed by atoms with Crippen LogP contribution in [0, 0.1) is 5.41 Å². The zero-order valence-electron chi connectivity index (χ0n) is 14.7. The second-order valence-corrected chi connectivity index (χ2v) is 7.53. The molecule has 0 amide bonds. The molecule has 0 saturated carbocycles. The van der Waals surface area contributed by atoms with E-state index in [0.29, 0.717) is 20.9 Å². The van der Waals surface area contributed by atoms with Crippen molar-refractivity contribution in [2.45, 2.75) is 6.92 Å². The standard InChI is InChI=1S/C19H17Cl2N3O2S/c1-19(17(25)26-2)11-24(18(27)22-15-9-7-14(21)8-10-15)23-16(19)12-3-5-13(20)6-4-12/h3-10H,11H2,1-2H3,(H,22,27). The van der Waals surface area contributed by atoms with Gasteiger partial charge < -0.3 is 10.1 Å². The Bertz CT molecular complexity index is 900. The Labute approximate surface area is 172 Å². The van der Waals surface area contributed by atoms with E-state index in [0.717, 1.165) is 11.3 Å². The summed E-state index contributed by atoms with van der Waals surface area (Å²) in [5.74, 6) is -0.381. The molecule has 0 fully saturated rings. The predicted molar refractivity (Wildman–Crippen MR) is 112 cm³/mol. The number of rotatable bonds is 3. The van der Waals surface area contributed by atoms with Gasteiger partial charge in [-0.25, -0.2) is 5.01 Å². The maximum absolute atomic E-state index is 12.5. The number of nitrogens with one attached hydrogen (secondary N) is 1. The van der Waals surface area contributed by atoms with Crippen molar-refractivity contribution < 1.29 is 9.53 Å². The molecule has 1 aliphatic rings. The number of halogens is 2. The van der Waals surface area contributed by atoms with Crippen molar-refractivity contribution in [3.63, 3.8) is 0 Å². The molecule has 0 aliphatic carbocycles. The van der Waals surface area contributed by atoms with Crippen molar-refractivity contribution in [2.75, 3.05) is 19.0 Å². The van der Waals surface area contributed by atoms with Gasteiger partial charge in [0.25, 0.3) is 0 Å². The zero-order chi connectivity index (χ0) is 19.6. The van der Waals surface area contributed by atoms with Gasteiger partial charge in [-0.15, -0.1) is 0 Å². The lowest BCUT2D eigenvalue weighted by Crippen LogP contribution is -2.42. The van der Waals surface area contributed by atoms with Crippen LogP contribution in [-0.2, 0) is 9.53 Å². The largest absolute Gasteiger partial charge is 0.468 e. The Hall–Kier alpha value is -2.15. The molecule has 0 aromatic heterocycles. The lowest BCUT2D eigenvalue weighted by molar-refractivity contribution is -0.147. The molecule has 8 heteroatoms. The topological polar surface area (TPSA) is 53.9 Å². The molecule has 140 valence electrons. The van der Waals surface area contributed by atoms with E-state index >= 15 is 0 Å². The normalized spacial score (nSPS) is 18.8. The molecule has 1 aliphatic heterocycles. The van der Waals surface area contributed by atoms with E-state index in [2.05, 4.69) is 10.4 Å². The summed E-state index contributed by atoms with van der Waals surface area (Å²) in [7, 11) is 1.36. The molecule has 1 atom stereocenters. The summed E-state index contributed by atoms with van der Waals surface area (Å²) in [6.07, 6.45) is 0. The number of hydrogen-bond acceptors (Lipinski definition) is 4. The van der Waals surface area contributed by atoms with Gasteiger partial charge in [0.15, 0.2) is 5.11 Å². The highest BCUT2D eigenvalue weighted by atomic mass is 35.5. The Morgan fingerprint density at radius 2 is 1.70 bits per heavy atom. The molecule has 2 aromatic carbocycles. The number of carbonyl (C=O) groups is 1. The fourth-order valence-corrected chi connectivity index (χ4v) is 3.33. The lowest BCUT2D eigenvalue weighted by Gasteiger charge is -2.24. The van der Waals surface area contributed by atoms with E-state index < -0.39 is 5.41 Å². The average molecular weight is 422 g/mol. The van der Waals surface area contributed by atoms with Gasteiger partial charge in [-0.1, -0.05) is 35.3 Å². The van der Waals surface area contributed by atoms with Crippen molar-refractivity contribution in [3.05, 3.63) is 64.1 Å². The van der Waals surface area contributed by atoms with Crippen molar-refractivity contribution in [2.24, 2.45) is 10.5 Å². The number of hydrogen-bond donors (Lipinski definition) is 1. The maximum atomic E-state index is 12.5. The maximum Gasteiger partial charge on any atom is 0.319 e. The molecule has 0 bridgehead atoms. The van der Waals surface area contributed by atoms with Crippen LogP contribution >= 0.6 is 35.4 Å². The number of esters is 1. The summed E-state index contributed by atoms with van der Waals surface area (Å²) < 4.78 is 5.02. The van der Waals surface area contributed by atoms with Crippen LogP contribution in [0.25, 0.3) is 0 Å². The smallest absolute Gasteiger partial charge is 0.319 e. The van der Waals surface area contributed by atoms with Gasteiger partial charge in [0.1, 0.15) is 5.41 Å². The third-order valence-corrected chi connectivity index (χ3v) is 5.11. The number of nitrogens with zero attached hydrogens (tertiary/aromatic N) is 2. The van der Waals surface area contributed by atoms with Gasteiger partial charge >= 0.3 is 5.97 Å². The molecule has 1 heterocycles. The van der Waals surface area contributed by atoms with Crippen LogP contribution in [0.5, 0.6) is 0 Å². The first-order chi connectivity index (χ1) is 12.8. The van der Waals surface area contributed by atoms with Crippen LogP contribution in [0.15, 0.2) is 53.6 Å². The summed E-state index contributed by atoms with van der Waals surface area (Å²) in [5.41, 5.74) is 1.17. The monoisotopic (exact) mass is 421 g/mol. The molecule has 0 radical (unpaired) electrons. The summed E-state index contributed by atoms with van der Waals surface area (Å²) in [6, 6.07) is 14.3. The minimum atomic E-state index is -0.964. The Morgan fingerprint density at radius 1 is 1.15 bits per heavy atom. The van der Waals surface area contributed by atoms with Crippen LogP contribution in [0.3, 0.4) is 0 Å². The first kappa shape index (κ1) is 19.6. The molecule has 1 N–H and O–H groups in total. The highest BCUT2D eigenvalue weighted by Crippen LogP contribution is 2.33. The van der Waals surface area contributed by atoms with Gasteiger partial charge in [-0.2, -0.15) is 5.10 Å². The van der Waals surface area contributed by atoms with Gasteiger partial charge in [0.05, 0.1) is 19.4 Å². The van der Waals surface area contributed by atoms with Crippen LogP contribution in [-0.4, -0.2) is 35.5 Å². The van der Waals surface area contributed by atoms with E-state index in [9.17, 15) is 4.79 Å². The first-order valence-electron chi connectivity index (χ1n) is 8.11. The number of carbonyl (C=O) groups excluding carboxylic acids is 1. The summed E-state index contributed by atoms with van der Waals surface area (Å²) in [4.78, 5) is 12.5. The molecule has 27 heavy (non-hydrogen) atoms. The third-order valence-electron chi connectivity index (χ3n) is 4.29. The Morgan fingerprint density at radius 3 is 2.26 bits per heavy atom. The third kappa shape index (κ3) is 4.08. The van der Waals surface area contributed by atoms with E-state index in [1.54, 1.807) is 36.2 Å². The van der Waals surface area contributed by atoms with E-state index in [1.807, 2.05) is 24.3 Å². The number of anilines is 1. The highest BCUT2D eigenvalue weighted by Gasteiger charge is 2.47. The lowest BCUT2D eigenvalue weighted by atomic mass is 9.82. The molecule has 0 spiro atoms. The number of hydrazone groups is 1. The van der Waals surface area contributed by atoms with Crippen LogP contribution in [0.4, 0.5) is 5.69 Å². The SMILES string of the molecule is COC(=O)C1(C)CN(C(=S)Nc2ccc(Cl)cc2)N=C1c1ccc(Cl)cc1. The molecule has 5 nitrogen and oxygen atoms in total. The molecule has 0 saturated heterocycles. The average Bonchev–Trinajstić information content (AvgIpc) is 3.02. The fourth-order valence-electron chi connectivity index (χ4n) is 2.85. The van der Waals surface area contributed by atoms with Crippen molar-refractivity contribution >= 4 is 57.9 Å². The van der Waals surface area contributed by atoms with E-state index in [-0.39, 0.29) is 12.5 Å². The first-order valence-corrected chi connectivity index (χ1v) is 9.27. The molecule has 3 rings (SSSR count). The van der Waals surface area contributed by atoms with E-state index in [1.165, 1.54) is 7.11 Å². The predicted octanol–water partition coefficient (Wildman–Crippen LogP) is 4.59. The highest BCUT2D eigenvalue weighted by molar-refractivity contribution is 7.80. The van der Waals surface area contributed by atoms with Gasteiger partial charge in [0.2, 0.25) is 0 Å². The zero-order valence-corrected chi connectivity index (χ0v) is 17.0.